The van der Waals surface area contributed by atoms with Crippen LogP contribution in [0.3, 0.4) is 0 Å². The third-order valence-electron chi connectivity index (χ3n) is 3.50. The summed E-state index contributed by atoms with van der Waals surface area (Å²) in [5, 5.41) is 17.3. The predicted octanol–water partition coefficient (Wildman–Crippen LogP) is 1.86. The SMILES string of the molecule is CC(C)n1ncnc1CNC(C)(CO)c1ccccc1. The van der Waals surface area contributed by atoms with Gasteiger partial charge in [-0.05, 0) is 26.3 Å². The first-order valence-corrected chi connectivity index (χ1v) is 6.86. The smallest absolute Gasteiger partial charge is 0.141 e. The van der Waals surface area contributed by atoms with E-state index in [4.69, 9.17) is 0 Å². The number of aliphatic hydroxyl groups is 1. The van der Waals surface area contributed by atoms with Crippen molar-refractivity contribution in [3.05, 3.63) is 48.0 Å². The highest BCUT2D eigenvalue weighted by molar-refractivity contribution is 5.23. The van der Waals surface area contributed by atoms with Gasteiger partial charge < -0.3 is 5.11 Å². The van der Waals surface area contributed by atoms with Crippen LogP contribution in [0.25, 0.3) is 0 Å². The van der Waals surface area contributed by atoms with Crippen molar-refractivity contribution in [1.82, 2.24) is 20.1 Å². The third-order valence-corrected chi connectivity index (χ3v) is 3.50. The van der Waals surface area contributed by atoms with Crippen molar-refractivity contribution in [2.24, 2.45) is 0 Å². The van der Waals surface area contributed by atoms with Gasteiger partial charge in [0, 0.05) is 6.04 Å². The number of nitrogens with zero attached hydrogens (tertiary/aromatic N) is 3. The molecule has 0 bridgehead atoms. The van der Waals surface area contributed by atoms with Crippen LogP contribution in [0.2, 0.25) is 0 Å². The second-order valence-corrected chi connectivity index (χ2v) is 5.42. The van der Waals surface area contributed by atoms with E-state index >= 15 is 0 Å². The molecular formula is C15H22N4O. The summed E-state index contributed by atoms with van der Waals surface area (Å²) in [6.45, 7) is 6.70. The molecule has 1 aromatic carbocycles. The van der Waals surface area contributed by atoms with Crippen molar-refractivity contribution in [1.29, 1.82) is 0 Å². The van der Waals surface area contributed by atoms with Crippen LogP contribution in [-0.4, -0.2) is 26.5 Å². The second kappa shape index (κ2) is 6.15. The molecule has 0 aliphatic heterocycles. The number of rotatable bonds is 6. The van der Waals surface area contributed by atoms with Gasteiger partial charge >= 0.3 is 0 Å². The molecule has 0 aliphatic carbocycles. The molecule has 5 heteroatoms. The maximum atomic E-state index is 9.74. The van der Waals surface area contributed by atoms with Crippen molar-refractivity contribution in [2.75, 3.05) is 6.61 Å². The fourth-order valence-electron chi connectivity index (χ4n) is 2.16. The molecule has 1 atom stereocenters. The Morgan fingerprint density at radius 1 is 1.30 bits per heavy atom. The van der Waals surface area contributed by atoms with Crippen LogP contribution in [0.4, 0.5) is 0 Å². The van der Waals surface area contributed by atoms with Crippen LogP contribution in [0, 0.1) is 0 Å². The van der Waals surface area contributed by atoms with Crippen LogP contribution in [-0.2, 0) is 12.1 Å². The maximum absolute atomic E-state index is 9.74. The minimum absolute atomic E-state index is 0.0207. The molecule has 0 saturated carbocycles. The second-order valence-electron chi connectivity index (χ2n) is 5.42. The Labute approximate surface area is 119 Å². The van der Waals surface area contributed by atoms with E-state index in [9.17, 15) is 5.11 Å². The molecule has 1 heterocycles. The van der Waals surface area contributed by atoms with Gasteiger partial charge in [-0.3, -0.25) is 5.32 Å². The molecule has 108 valence electrons. The van der Waals surface area contributed by atoms with Gasteiger partial charge in [0.1, 0.15) is 12.2 Å². The standard InChI is InChI=1S/C15H22N4O/c1-12(2)19-14(16-11-18-19)9-17-15(3,10-20)13-7-5-4-6-8-13/h4-8,11-12,17,20H,9-10H2,1-3H3. The van der Waals surface area contributed by atoms with Crippen molar-refractivity contribution < 1.29 is 5.11 Å². The fraction of sp³-hybridized carbons (Fsp3) is 0.467. The molecule has 2 rings (SSSR count). The van der Waals surface area contributed by atoms with Gasteiger partial charge in [0.15, 0.2) is 0 Å². The average molecular weight is 274 g/mol. The number of hydrogen-bond acceptors (Lipinski definition) is 4. The fourth-order valence-corrected chi connectivity index (χ4v) is 2.16. The monoisotopic (exact) mass is 274 g/mol. The lowest BCUT2D eigenvalue weighted by molar-refractivity contribution is 0.172. The summed E-state index contributed by atoms with van der Waals surface area (Å²) in [6.07, 6.45) is 1.57. The number of benzene rings is 1. The summed E-state index contributed by atoms with van der Waals surface area (Å²) >= 11 is 0. The average Bonchev–Trinajstić information content (AvgIpc) is 2.94. The van der Waals surface area contributed by atoms with Crippen LogP contribution >= 0.6 is 0 Å². The first-order valence-electron chi connectivity index (χ1n) is 6.86. The van der Waals surface area contributed by atoms with Crippen molar-refractivity contribution in [3.63, 3.8) is 0 Å². The zero-order chi connectivity index (χ0) is 14.6. The molecular weight excluding hydrogens is 252 g/mol. The summed E-state index contributed by atoms with van der Waals surface area (Å²) in [4.78, 5) is 4.28. The van der Waals surface area contributed by atoms with E-state index in [2.05, 4.69) is 29.2 Å². The first kappa shape index (κ1) is 14.7. The van der Waals surface area contributed by atoms with Crippen molar-refractivity contribution in [2.45, 2.75) is 38.9 Å². The van der Waals surface area contributed by atoms with E-state index in [1.165, 1.54) is 0 Å². The highest BCUT2D eigenvalue weighted by Gasteiger charge is 2.25. The molecule has 5 nitrogen and oxygen atoms in total. The number of aromatic nitrogens is 3. The van der Waals surface area contributed by atoms with E-state index in [0.29, 0.717) is 6.54 Å². The molecule has 0 radical (unpaired) electrons. The van der Waals surface area contributed by atoms with E-state index in [1.807, 2.05) is 41.9 Å². The summed E-state index contributed by atoms with van der Waals surface area (Å²) < 4.78 is 1.88. The van der Waals surface area contributed by atoms with Crippen LogP contribution < -0.4 is 5.32 Å². The Bertz CT molecular complexity index is 538. The summed E-state index contributed by atoms with van der Waals surface area (Å²) in [7, 11) is 0. The Morgan fingerprint density at radius 3 is 2.60 bits per heavy atom. The van der Waals surface area contributed by atoms with Gasteiger partial charge in [-0.2, -0.15) is 5.10 Å². The lowest BCUT2D eigenvalue weighted by Crippen LogP contribution is -2.43. The largest absolute Gasteiger partial charge is 0.394 e. The molecule has 1 aromatic heterocycles. The van der Waals surface area contributed by atoms with Crippen LogP contribution in [0.15, 0.2) is 36.7 Å². The maximum Gasteiger partial charge on any atom is 0.141 e. The number of nitrogens with one attached hydrogen (secondary N) is 1. The van der Waals surface area contributed by atoms with Gasteiger partial charge in [-0.1, -0.05) is 30.3 Å². The van der Waals surface area contributed by atoms with Gasteiger partial charge in [-0.25, -0.2) is 9.67 Å². The zero-order valence-corrected chi connectivity index (χ0v) is 12.2. The third kappa shape index (κ3) is 3.05. The predicted molar refractivity (Wildman–Crippen MR) is 78.1 cm³/mol. The molecule has 1 unspecified atom stereocenters. The number of aliphatic hydroxyl groups excluding tert-OH is 1. The van der Waals surface area contributed by atoms with Gasteiger partial charge in [0.05, 0.1) is 18.7 Å². The molecule has 2 N–H and O–H groups in total. The highest BCUT2D eigenvalue weighted by atomic mass is 16.3. The molecule has 2 aromatic rings. The Balaban J connectivity index is 2.13. The van der Waals surface area contributed by atoms with Crippen molar-refractivity contribution >= 4 is 0 Å². The van der Waals surface area contributed by atoms with E-state index in [-0.39, 0.29) is 12.6 Å². The topological polar surface area (TPSA) is 63.0 Å². The Kier molecular flexibility index (Phi) is 4.52. The molecule has 0 aliphatic rings. The zero-order valence-electron chi connectivity index (χ0n) is 12.2. The van der Waals surface area contributed by atoms with E-state index in [1.54, 1.807) is 6.33 Å². The van der Waals surface area contributed by atoms with E-state index < -0.39 is 5.54 Å². The van der Waals surface area contributed by atoms with Crippen LogP contribution in [0.5, 0.6) is 0 Å². The summed E-state index contributed by atoms with van der Waals surface area (Å²) in [6, 6.07) is 10.2. The molecule has 0 amide bonds. The molecule has 0 saturated heterocycles. The number of hydrogen-bond donors (Lipinski definition) is 2. The summed E-state index contributed by atoms with van der Waals surface area (Å²) in [5.74, 6) is 0.871. The quantitative estimate of drug-likeness (QED) is 0.844. The minimum Gasteiger partial charge on any atom is -0.394 e. The molecule has 20 heavy (non-hydrogen) atoms. The van der Waals surface area contributed by atoms with Gasteiger partial charge in [0.25, 0.3) is 0 Å². The summed E-state index contributed by atoms with van der Waals surface area (Å²) in [5.41, 5.74) is 0.563. The minimum atomic E-state index is -0.491. The van der Waals surface area contributed by atoms with Crippen LogP contribution in [0.1, 0.15) is 38.2 Å². The lowest BCUT2D eigenvalue weighted by atomic mass is 9.93. The lowest BCUT2D eigenvalue weighted by Gasteiger charge is -2.29. The van der Waals surface area contributed by atoms with Gasteiger partial charge in [-0.15, -0.1) is 0 Å². The molecule has 0 spiro atoms. The van der Waals surface area contributed by atoms with Gasteiger partial charge in [0.2, 0.25) is 0 Å². The molecule has 0 fully saturated rings. The highest BCUT2D eigenvalue weighted by Crippen LogP contribution is 2.20. The normalized spacial score (nSPS) is 14.4. The first-order chi connectivity index (χ1) is 9.57. The van der Waals surface area contributed by atoms with E-state index in [0.717, 1.165) is 11.4 Å². The van der Waals surface area contributed by atoms with Crippen molar-refractivity contribution in [3.8, 4) is 0 Å². The Morgan fingerprint density at radius 2 is 2.00 bits per heavy atom. The Hall–Kier alpha value is -1.72.